The van der Waals surface area contributed by atoms with Crippen LogP contribution in [-0.4, -0.2) is 50.3 Å². The van der Waals surface area contributed by atoms with Crippen molar-refractivity contribution in [2.75, 3.05) is 19.8 Å². The number of morpholine rings is 1. The summed E-state index contributed by atoms with van der Waals surface area (Å²) in [6.07, 6.45) is 2.38. The summed E-state index contributed by atoms with van der Waals surface area (Å²) in [5.41, 5.74) is 1.64. The third kappa shape index (κ3) is 2.32. The Kier molecular flexibility index (Phi) is 3.75. The number of H-pyrrole nitrogens is 1. The van der Waals surface area contributed by atoms with Gasteiger partial charge in [-0.25, -0.2) is 0 Å². The third-order valence-corrected chi connectivity index (χ3v) is 4.11. The van der Waals surface area contributed by atoms with Gasteiger partial charge in [0.05, 0.1) is 30.6 Å². The number of hydrogen-bond donors (Lipinski definition) is 1. The van der Waals surface area contributed by atoms with Crippen molar-refractivity contribution < 1.29 is 9.53 Å². The molecule has 0 radical (unpaired) electrons. The van der Waals surface area contributed by atoms with Crippen molar-refractivity contribution in [3.8, 4) is 0 Å². The first-order chi connectivity index (χ1) is 9.81. The summed E-state index contributed by atoms with van der Waals surface area (Å²) in [6.45, 7) is 3.55. The molecule has 0 bridgehead atoms. The highest BCUT2D eigenvalue weighted by Gasteiger charge is 2.32. The summed E-state index contributed by atoms with van der Waals surface area (Å²) < 4.78 is 9.38. The van der Waals surface area contributed by atoms with Gasteiger partial charge in [-0.05, 0) is 24.0 Å². The molecule has 8 heteroatoms. The Morgan fingerprint density at radius 3 is 3.30 bits per heavy atom. The van der Waals surface area contributed by atoms with E-state index in [1.165, 1.54) is 0 Å². The lowest BCUT2D eigenvalue weighted by Gasteiger charge is -2.34. The fraction of sp³-hybridized carbons (Fsp3) is 0.500. The molecule has 1 aliphatic rings. The molecule has 1 fully saturated rings. The van der Waals surface area contributed by atoms with Crippen molar-refractivity contribution in [1.29, 1.82) is 0 Å². The van der Waals surface area contributed by atoms with Gasteiger partial charge in [0.2, 0.25) is 0 Å². The van der Waals surface area contributed by atoms with Gasteiger partial charge in [-0.1, -0.05) is 11.4 Å². The van der Waals surface area contributed by atoms with E-state index in [1.807, 2.05) is 17.9 Å². The quantitative estimate of drug-likeness (QED) is 0.914. The average Bonchev–Trinajstić information content (AvgIpc) is 3.17. The topological polar surface area (TPSA) is 84.0 Å². The van der Waals surface area contributed by atoms with Gasteiger partial charge in [0.25, 0.3) is 5.91 Å². The van der Waals surface area contributed by atoms with Crippen molar-refractivity contribution in [2.45, 2.75) is 19.4 Å². The summed E-state index contributed by atoms with van der Waals surface area (Å²) in [5, 5.41) is 10.9. The smallest absolute Gasteiger partial charge is 0.268 e. The molecular weight excluding hydrogens is 278 g/mol. The van der Waals surface area contributed by atoms with Crippen LogP contribution in [0.4, 0.5) is 0 Å². The number of aromatic nitrogens is 4. The molecule has 1 N–H and O–H groups in total. The number of nitrogens with one attached hydrogen (secondary N) is 1. The monoisotopic (exact) mass is 293 g/mol. The Bertz CT molecular complexity index is 582. The van der Waals surface area contributed by atoms with Crippen molar-refractivity contribution in [2.24, 2.45) is 0 Å². The van der Waals surface area contributed by atoms with E-state index in [2.05, 4.69) is 19.8 Å². The third-order valence-electron chi connectivity index (χ3n) is 3.36. The van der Waals surface area contributed by atoms with E-state index in [4.69, 9.17) is 4.74 Å². The number of amides is 1. The van der Waals surface area contributed by atoms with Gasteiger partial charge < -0.3 is 9.64 Å². The zero-order valence-corrected chi connectivity index (χ0v) is 11.9. The largest absolute Gasteiger partial charge is 0.377 e. The molecule has 7 nitrogen and oxygen atoms in total. The average molecular weight is 293 g/mol. The Balaban J connectivity index is 1.88. The molecule has 106 valence electrons. The van der Waals surface area contributed by atoms with Crippen molar-refractivity contribution in [1.82, 2.24) is 24.7 Å². The molecular formula is C12H15N5O2S. The Morgan fingerprint density at radius 1 is 1.65 bits per heavy atom. The predicted octanol–water partition coefficient (Wildman–Crippen LogP) is 1.04. The second-order valence-electron chi connectivity index (χ2n) is 4.50. The van der Waals surface area contributed by atoms with E-state index in [0.29, 0.717) is 31.1 Å². The minimum atomic E-state index is -0.134. The summed E-state index contributed by atoms with van der Waals surface area (Å²) >= 11 is 1.16. The number of carbonyl (C=O) groups excluding carboxylic acids is 1. The highest BCUT2D eigenvalue weighted by Crippen LogP contribution is 2.26. The SMILES string of the molecule is CCc1nnsc1C(=O)N1CCOCC1c1ccn[nH]1. The number of rotatable bonds is 3. The van der Waals surface area contributed by atoms with Gasteiger partial charge in [-0.3, -0.25) is 9.89 Å². The molecule has 3 rings (SSSR count). The highest BCUT2D eigenvalue weighted by molar-refractivity contribution is 7.08. The molecule has 0 spiro atoms. The Hall–Kier alpha value is -1.80. The summed E-state index contributed by atoms with van der Waals surface area (Å²) in [6, 6.07) is 1.73. The van der Waals surface area contributed by atoms with Crippen LogP contribution in [0.25, 0.3) is 0 Å². The molecule has 20 heavy (non-hydrogen) atoms. The lowest BCUT2D eigenvalue weighted by molar-refractivity contribution is -0.00371. The van der Waals surface area contributed by atoms with E-state index >= 15 is 0 Å². The number of nitrogens with zero attached hydrogens (tertiary/aromatic N) is 4. The Labute approximate surface area is 120 Å². The normalized spacial score (nSPS) is 19.2. The second-order valence-corrected chi connectivity index (χ2v) is 5.26. The van der Waals surface area contributed by atoms with Gasteiger partial charge in [-0.15, -0.1) is 5.10 Å². The van der Waals surface area contributed by atoms with Crippen LogP contribution < -0.4 is 0 Å². The molecule has 0 aromatic carbocycles. The van der Waals surface area contributed by atoms with Crippen LogP contribution in [0.5, 0.6) is 0 Å². The highest BCUT2D eigenvalue weighted by atomic mass is 32.1. The van der Waals surface area contributed by atoms with Crippen LogP contribution in [-0.2, 0) is 11.2 Å². The van der Waals surface area contributed by atoms with E-state index < -0.39 is 0 Å². The van der Waals surface area contributed by atoms with Crippen LogP contribution in [0.3, 0.4) is 0 Å². The van der Waals surface area contributed by atoms with Gasteiger partial charge in [0.15, 0.2) is 0 Å². The molecule has 1 amide bonds. The first-order valence-electron chi connectivity index (χ1n) is 6.50. The molecule has 1 aliphatic heterocycles. The first kappa shape index (κ1) is 13.2. The van der Waals surface area contributed by atoms with Gasteiger partial charge in [0, 0.05) is 12.7 Å². The van der Waals surface area contributed by atoms with E-state index in [-0.39, 0.29) is 11.9 Å². The molecule has 2 aromatic heterocycles. The number of aryl methyl sites for hydroxylation is 1. The van der Waals surface area contributed by atoms with E-state index in [1.54, 1.807) is 6.20 Å². The Morgan fingerprint density at radius 2 is 2.55 bits per heavy atom. The maximum absolute atomic E-state index is 12.7. The van der Waals surface area contributed by atoms with Gasteiger partial charge >= 0.3 is 0 Å². The van der Waals surface area contributed by atoms with Crippen LogP contribution in [0.15, 0.2) is 12.3 Å². The lowest BCUT2D eigenvalue weighted by atomic mass is 10.1. The fourth-order valence-corrected chi connectivity index (χ4v) is 3.00. The molecule has 0 saturated carbocycles. The maximum Gasteiger partial charge on any atom is 0.268 e. The van der Waals surface area contributed by atoms with Crippen LogP contribution in [0.2, 0.25) is 0 Å². The predicted molar refractivity (Wildman–Crippen MR) is 72.5 cm³/mol. The molecule has 2 aromatic rings. The van der Waals surface area contributed by atoms with Crippen molar-refractivity contribution in [3.05, 3.63) is 28.5 Å². The lowest BCUT2D eigenvalue weighted by Crippen LogP contribution is -2.43. The molecule has 1 unspecified atom stereocenters. The summed E-state index contributed by atoms with van der Waals surface area (Å²) in [5.74, 6) is -0.0280. The minimum Gasteiger partial charge on any atom is -0.377 e. The number of carbonyl (C=O) groups is 1. The number of ether oxygens (including phenoxy) is 1. The van der Waals surface area contributed by atoms with E-state index in [0.717, 1.165) is 22.9 Å². The van der Waals surface area contributed by atoms with Crippen molar-refractivity contribution in [3.63, 3.8) is 0 Å². The summed E-state index contributed by atoms with van der Waals surface area (Å²) in [7, 11) is 0. The van der Waals surface area contributed by atoms with Crippen molar-refractivity contribution >= 4 is 17.4 Å². The molecule has 1 saturated heterocycles. The molecule has 1 atom stereocenters. The molecule has 0 aliphatic carbocycles. The van der Waals surface area contributed by atoms with Gasteiger partial charge in [-0.2, -0.15) is 5.10 Å². The maximum atomic E-state index is 12.7. The zero-order chi connectivity index (χ0) is 13.9. The van der Waals surface area contributed by atoms with Crippen LogP contribution in [0.1, 0.15) is 34.0 Å². The summed E-state index contributed by atoms with van der Waals surface area (Å²) in [4.78, 5) is 15.1. The van der Waals surface area contributed by atoms with Crippen LogP contribution in [0, 0.1) is 0 Å². The number of hydrogen-bond acceptors (Lipinski definition) is 6. The zero-order valence-electron chi connectivity index (χ0n) is 11.1. The standard InChI is InChI=1S/C12H15N5O2S/c1-2-8-11(20-16-15-8)12(18)17-5-6-19-7-10(17)9-3-4-13-14-9/h3-4,10H,2,5-7H2,1H3,(H,13,14). The second kappa shape index (κ2) is 5.68. The molecule has 3 heterocycles. The van der Waals surface area contributed by atoms with E-state index in [9.17, 15) is 4.79 Å². The van der Waals surface area contributed by atoms with Crippen LogP contribution >= 0.6 is 11.5 Å². The fourth-order valence-electron chi connectivity index (χ4n) is 2.29. The number of aromatic amines is 1. The van der Waals surface area contributed by atoms with Gasteiger partial charge in [0.1, 0.15) is 4.88 Å². The minimum absolute atomic E-state index is 0.0280. The first-order valence-corrected chi connectivity index (χ1v) is 7.27.